The van der Waals surface area contributed by atoms with Gasteiger partial charge in [0.1, 0.15) is 12.4 Å². The predicted molar refractivity (Wildman–Crippen MR) is 122 cm³/mol. The minimum absolute atomic E-state index is 0.0130. The Kier molecular flexibility index (Phi) is 8.74. The molecule has 0 radical (unpaired) electrons. The van der Waals surface area contributed by atoms with Crippen molar-refractivity contribution in [2.24, 2.45) is 16.8 Å². The molecule has 2 N–H and O–H groups in total. The third kappa shape index (κ3) is 6.97. The Labute approximate surface area is 184 Å². The lowest BCUT2D eigenvalue weighted by atomic mass is 9.97. The second-order valence-corrected chi connectivity index (χ2v) is 8.13. The predicted octanol–water partition coefficient (Wildman–Crippen LogP) is 4.27. The molecule has 5 nitrogen and oxygen atoms in total. The summed E-state index contributed by atoms with van der Waals surface area (Å²) in [5.41, 5.74) is 8.48. The van der Waals surface area contributed by atoms with Crippen LogP contribution in [0.3, 0.4) is 0 Å². The van der Waals surface area contributed by atoms with Gasteiger partial charge in [0.15, 0.2) is 5.78 Å². The van der Waals surface area contributed by atoms with Gasteiger partial charge in [0.05, 0.1) is 5.71 Å². The Morgan fingerprint density at radius 2 is 1.94 bits per heavy atom. The summed E-state index contributed by atoms with van der Waals surface area (Å²) in [5, 5.41) is 4.37. The highest BCUT2D eigenvalue weighted by atomic mass is 19.1. The molecule has 6 heteroatoms. The summed E-state index contributed by atoms with van der Waals surface area (Å²) >= 11 is 0. The van der Waals surface area contributed by atoms with Crippen molar-refractivity contribution < 1.29 is 14.0 Å². The lowest BCUT2D eigenvalue weighted by Crippen LogP contribution is -2.25. The first-order valence-corrected chi connectivity index (χ1v) is 11.1. The Morgan fingerprint density at radius 1 is 1.19 bits per heavy atom. The van der Waals surface area contributed by atoms with Crippen LogP contribution in [0.1, 0.15) is 48.5 Å². The summed E-state index contributed by atoms with van der Waals surface area (Å²) in [6, 6.07) is 15.9. The summed E-state index contributed by atoms with van der Waals surface area (Å²) in [7, 11) is 0. The van der Waals surface area contributed by atoms with Gasteiger partial charge in [-0.2, -0.15) is 0 Å². The maximum Gasteiger partial charge on any atom is 0.167 e. The number of likely N-dealkylation sites (tertiary alicyclic amines) is 1. The second kappa shape index (κ2) is 11.7. The molecule has 2 unspecified atom stereocenters. The monoisotopic (exact) mass is 425 g/mol. The van der Waals surface area contributed by atoms with Crippen LogP contribution in [0.15, 0.2) is 59.8 Å². The third-order valence-corrected chi connectivity index (χ3v) is 5.75. The van der Waals surface area contributed by atoms with Crippen LogP contribution in [0.2, 0.25) is 0 Å². The zero-order valence-corrected chi connectivity index (χ0v) is 18.2. The van der Waals surface area contributed by atoms with E-state index in [1.54, 1.807) is 12.1 Å². The van der Waals surface area contributed by atoms with E-state index in [2.05, 4.69) is 10.1 Å². The molecule has 31 heavy (non-hydrogen) atoms. The van der Waals surface area contributed by atoms with E-state index in [0.29, 0.717) is 12.2 Å². The Hall–Kier alpha value is -2.57. The number of rotatable bonds is 11. The summed E-state index contributed by atoms with van der Waals surface area (Å²) in [6.45, 7) is 4.98. The van der Waals surface area contributed by atoms with Crippen LogP contribution in [-0.2, 0) is 4.84 Å². The van der Waals surface area contributed by atoms with Crippen LogP contribution < -0.4 is 5.73 Å². The van der Waals surface area contributed by atoms with Crippen LogP contribution in [0, 0.1) is 11.7 Å². The van der Waals surface area contributed by atoms with Crippen molar-refractivity contribution in [3.8, 4) is 0 Å². The molecule has 1 saturated heterocycles. The normalized spacial score (nSPS) is 18.2. The molecular formula is C25H32FN3O2. The van der Waals surface area contributed by atoms with Gasteiger partial charge in [0.2, 0.25) is 0 Å². The molecule has 2 aromatic carbocycles. The Morgan fingerprint density at radius 3 is 2.65 bits per heavy atom. The smallest absolute Gasteiger partial charge is 0.167 e. The lowest BCUT2D eigenvalue weighted by molar-refractivity contribution is 0.0922. The van der Waals surface area contributed by atoms with Crippen molar-refractivity contribution in [2.75, 3.05) is 26.2 Å². The van der Waals surface area contributed by atoms with E-state index in [0.717, 1.165) is 56.6 Å². The maximum absolute atomic E-state index is 13.1. The highest BCUT2D eigenvalue weighted by Gasteiger charge is 2.28. The number of halogens is 1. The van der Waals surface area contributed by atoms with E-state index in [4.69, 9.17) is 10.6 Å². The summed E-state index contributed by atoms with van der Waals surface area (Å²) < 4.78 is 13.1. The number of benzene rings is 2. The van der Waals surface area contributed by atoms with Crippen molar-refractivity contribution in [2.45, 2.75) is 38.6 Å². The van der Waals surface area contributed by atoms with Crippen LogP contribution in [-0.4, -0.2) is 48.7 Å². The zero-order valence-electron chi connectivity index (χ0n) is 18.2. The molecule has 2 atom stereocenters. The van der Waals surface area contributed by atoms with Gasteiger partial charge in [-0.05, 0) is 68.6 Å². The fourth-order valence-corrected chi connectivity index (χ4v) is 3.77. The van der Waals surface area contributed by atoms with Crippen molar-refractivity contribution >= 4 is 11.5 Å². The van der Waals surface area contributed by atoms with Crippen LogP contribution in [0.5, 0.6) is 0 Å². The number of Topliss-reactive ketones (excluding diaryl/α,β-unsaturated/α-hetero) is 1. The molecule has 2 aromatic rings. The number of oxime groups is 1. The van der Waals surface area contributed by atoms with E-state index < -0.39 is 0 Å². The van der Waals surface area contributed by atoms with E-state index >= 15 is 0 Å². The molecule has 0 amide bonds. The molecule has 0 saturated carbocycles. The molecule has 0 aliphatic carbocycles. The maximum atomic E-state index is 13.1. The molecule has 0 aromatic heterocycles. The average molecular weight is 426 g/mol. The van der Waals surface area contributed by atoms with E-state index in [-0.39, 0.29) is 23.6 Å². The highest BCUT2D eigenvalue weighted by Crippen LogP contribution is 2.22. The number of nitrogens with zero attached hydrogens (tertiary/aromatic N) is 2. The summed E-state index contributed by atoms with van der Waals surface area (Å²) in [4.78, 5) is 20.5. The van der Waals surface area contributed by atoms with Gasteiger partial charge < -0.3 is 15.5 Å². The van der Waals surface area contributed by atoms with Gasteiger partial charge in [-0.25, -0.2) is 4.39 Å². The first-order chi connectivity index (χ1) is 15.1. The minimum atomic E-state index is -0.318. The Bertz CT molecular complexity index is 855. The van der Waals surface area contributed by atoms with Crippen molar-refractivity contribution in [1.82, 2.24) is 4.90 Å². The molecule has 3 rings (SSSR count). The molecule has 0 spiro atoms. The fraction of sp³-hybridized carbons (Fsp3) is 0.440. The molecule has 1 aliphatic heterocycles. The number of carbonyl (C=O) groups excluding carboxylic acids is 1. The standard InChI is InChI=1S/C25H32FN3O2/c1-2-23(27)18-31-28-24(19-7-4-3-5-8-19)9-6-15-29-16-14-21(17-29)25(30)20-10-12-22(26)13-11-20/h3-5,7-8,10-13,21,23H,2,6,9,14-18,27H2,1H3/b28-24+. The Balaban J connectivity index is 1.50. The van der Waals surface area contributed by atoms with E-state index in [1.807, 2.05) is 37.3 Å². The minimum Gasteiger partial charge on any atom is -0.394 e. The molecule has 0 bridgehead atoms. The van der Waals surface area contributed by atoms with Gasteiger partial charge in [0.25, 0.3) is 0 Å². The molecule has 166 valence electrons. The average Bonchev–Trinajstić information content (AvgIpc) is 3.27. The van der Waals surface area contributed by atoms with Gasteiger partial charge in [-0.1, -0.05) is 42.4 Å². The quantitative estimate of drug-likeness (QED) is 0.332. The fourth-order valence-electron chi connectivity index (χ4n) is 3.77. The zero-order chi connectivity index (χ0) is 22.1. The summed E-state index contributed by atoms with van der Waals surface area (Å²) in [6.07, 6.45) is 3.41. The number of hydrogen-bond donors (Lipinski definition) is 1. The van der Waals surface area contributed by atoms with Crippen LogP contribution >= 0.6 is 0 Å². The van der Waals surface area contributed by atoms with Gasteiger partial charge >= 0.3 is 0 Å². The van der Waals surface area contributed by atoms with Crippen molar-refractivity contribution in [3.63, 3.8) is 0 Å². The van der Waals surface area contributed by atoms with Crippen molar-refractivity contribution in [1.29, 1.82) is 0 Å². The third-order valence-electron chi connectivity index (χ3n) is 5.75. The van der Waals surface area contributed by atoms with E-state index in [9.17, 15) is 9.18 Å². The second-order valence-electron chi connectivity index (χ2n) is 8.13. The van der Waals surface area contributed by atoms with Crippen LogP contribution in [0.25, 0.3) is 0 Å². The van der Waals surface area contributed by atoms with Gasteiger partial charge in [-0.15, -0.1) is 0 Å². The lowest BCUT2D eigenvalue weighted by Gasteiger charge is -2.16. The molecule has 1 aliphatic rings. The number of nitrogens with two attached hydrogens (primary N) is 1. The number of ketones is 1. The SMILES string of the molecule is CCC(N)CO/N=C(\CCCN1CCC(C(=O)c2ccc(F)cc2)C1)c1ccccc1. The van der Waals surface area contributed by atoms with Crippen molar-refractivity contribution in [3.05, 3.63) is 71.5 Å². The van der Waals surface area contributed by atoms with Gasteiger partial charge in [0, 0.05) is 24.1 Å². The molecule has 1 heterocycles. The first-order valence-electron chi connectivity index (χ1n) is 11.1. The largest absolute Gasteiger partial charge is 0.394 e. The number of hydrogen-bond acceptors (Lipinski definition) is 5. The van der Waals surface area contributed by atoms with E-state index in [1.165, 1.54) is 12.1 Å². The molecular weight excluding hydrogens is 393 g/mol. The first kappa shape index (κ1) is 23.1. The van der Waals surface area contributed by atoms with Gasteiger partial charge in [-0.3, -0.25) is 4.79 Å². The molecule has 1 fully saturated rings. The van der Waals surface area contributed by atoms with Crippen LogP contribution in [0.4, 0.5) is 4.39 Å². The summed E-state index contributed by atoms with van der Waals surface area (Å²) in [5.74, 6) is -0.234. The topological polar surface area (TPSA) is 67.9 Å². The number of carbonyl (C=O) groups is 1. The highest BCUT2D eigenvalue weighted by molar-refractivity contribution is 6.00.